The highest BCUT2D eigenvalue weighted by atomic mass is 16.1. The zero-order valence-corrected chi connectivity index (χ0v) is 18.3. The number of likely N-dealkylation sites (tertiary alicyclic amines) is 1. The van der Waals surface area contributed by atoms with Gasteiger partial charge < -0.3 is 16.0 Å². The Morgan fingerprint density at radius 1 is 1.10 bits per heavy atom. The number of nitrogens with one attached hydrogen (secondary N) is 3. The third-order valence-electron chi connectivity index (χ3n) is 7.01. The molecule has 3 N–H and O–H groups in total. The maximum atomic E-state index is 12.4. The van der Waals surface area contributed by atoms with E-state index < -0.39 is 0 Å². The topological polar surface area (TPSA) is 68.8 Å². The van der Waals surface area contributed by atoms with E-state index in [2.05, 4.69) is 38.0 Å². The van der Waals surface area contributed by atoms with Crippen LogP contribution in [0.25, 0.3) is 0 Å². The van der Waals surface area contributed by atoms with E-state index >= 15 is 0 Å². The van der Waals surface area contributed by atoms with Gasteiger partial charge in [0.15, 0.2) is 5.96 Å². The Labute approximate surface area is 180 Å². The van der Waals surface area contributed by atoms with E-state index in [1.54, 1.807) is 0 Å². The van der Waals surface area contributed by atoms with E-state index in [1.165, 1.54) is 51.5 Å². The molecule has 1 aliphatic heterocycles. The van der Waals surface area contributed by atoms with Crippen LogP contribution in [-0.4, -0.2) is 49.0 Å². The highest BCUT2D eigenvalue weighted by Crippen LogP contribution is 2.27. The summed E-state index contributed by atoms with van der Waals surface area (Å²) < 4.78 is 0. The fourth-order valence-corrected chi connectivity index (χ4v) is 5.27. The molecule has 1 atom stereocenters. The fourth-order valence-electron chi connectivity index (χ4n) is 5.27. The molecule has 0 aromatic heterocycles. The van der Waals surface area contributed by atoms with Gasteiger partial charge in [-0.25, -0.2) is 0 Å². The van der Waals surface area contributed by atoms with Crippen molar-refractivity contribution in [3.63, 3.8) is 0 Å². The van der Waals surface area contributed by atoms with Crippen molar-refractivity contribution in [2.75, 3.05) is 25.5 Å². The molecule has 1 aromatic carbocycles. The minimum absolute atomic E-state index is 0.170. The molecule has 1 saturated heterocycles. The van der Waals surface area contributed by atoms with Crippen molar-refractivity contribution in [1.82, 2.24) is 15.5 Å². The number of guanidine groups is 1. The zero-order chi connectivity index (χ0) is 20.8. The van der Waals surface area contributed by atoms with Crippen LogP contribution in [0.5, 0.6) is 0 Å². The standard InChI is InChI=1S/C24H37N5O/c1-25-24(28-21-13-14-29(17-21)22-11-4-5-12-22)26-16-18-7-6-10-20(15-18)27-23(30)19-8-2-3-9-19/h6-7,10,15,19,21-22H,2-5,8-9,11-14,16-17H2,1H3,(H,27,30)(H2,25,26,28). The van der Waals surface area contributed by atoms with Crippen molar-refractivity contribution in [3.8, 4) is 0 Å². The Morgan fingerprint density at radius 2 is 1.87 bits per heavy atom. The second-order valence-electron chi connectivity index (χ2n) is 9.16. The molecule has 6 heteroatoms. The minimum Gasteiger partial charge on any atom is -0.352 e. The van der Waals surface area contributed by atoms with Crippen LogP contribution in [-0.2, 0) is 11.3 Å². The number of amides is 1. The van der Waals surface area contributed by atoms with Crippen molar-refractivity contribution >= 4 is 17.6 Å². The normalized spacial score (nSPS) is 23.8. The van der Waals surface area contributed by atoms with E-state index in [9.17, 15) is 4.79 Å². The molecule has 3 fully saturated rings. The van der Waals surface area contributed by atoms with Gasteiger partial charge in [-0.1, -0.05) is 37.8 Å². The summed E-state index contributed by atoms with van der Waals surface area (Å²) in [6, 6.07) is 9.39. The average Bonchev–Trinajstić information content (AvgIpc) is 3.53. The number of rotatable bonds is 6. The maximum Gasteiger partial charge on any atom is 0.227 e. The van der Waals surface area contributed by atoms with Crippen LogP contribution in [0.1, 0.15) is 63.4 Å². The lowest BCUT2D eigenvalue weighted by molar-refractivity contribution is -0.119. The van der Waals surface area contributed by atoms with Gasteiger partial charge in [-0.3, -0.25) is 14.7 Å². The summed E-state index contributed by atoms with van der Waals surface area (Å²) in [5.74, 6) is 1.21. The Kier molecular flexibility index (Phi) is 7.26. The third kappa shape index (κ3) is 5.54. The van der Waals surface area contributed by atoms with Gasteiger partial charge in [-0.05, 0) is 49.8 Å². The number of benzene rings is 1. The Balaban J connectivity index is 1.24. The molecule has 0 radical (unpaired) electrons. The van der Waals surface area contributed by atoms with E-state index in [0.29, 0.717) is 12.6 Å². The molecule has 3 aliphatic rings. The number of hydrogen-bond acceptors (Lipinski definition) is 3. The van der Waals surface area contributed by atoms with Crippen LogP contribution in [0, 0.1) is 5.92 Å². The lowest BCUT2D eigenvalue weighted by atomic mass is 10.1. The van der Waals surface area contributed by atoms with Gasteiger partial charge >= 0.3 is 0 Å². The molecule has 6 nitrogen and oxygen atoms in total. The van der Waals surface area contributed by atoms with Crippen molar-refractivity contribution in [3.05, 3.63) is 29.8 Å². The minimum atomic E-state index is 0.170. The number of aliphatic imine (C=N–C) groups is 1. The van der Waals surface area contributed by atoms with E-state index in [-0.39, 0.29) is 11.8 Å². The van der Waals surface area contributed by atoms with Crippen molar-refractivity contribution < 1.29 is 4.79 Å². The lowest BCUT2D eigenvalue weighted by Crippen LogP contribution is -2.45. The molecule has 0 spiro atoms. The summed E-state index contributed by atoms with van der Waals surface area (Å²) in [4.78, 5) is 19.5. The molecular weight excluding hydrogens is 374 g/mol. The zero-order valence-electron chi connectivity index (χ0n) is 18.3. The largest absolute Gasteiger partial charge is 0.352 e. The SMILES string of the molecule is CN=C(NCc1cccc(NC(=O)C2CCCC2)c1)NC1CCN(C2CCCC2)C1. The number of carbonyl (C=O) groups excluding carboxylic acids is 1. The Bertz CT molecular complexity index is 737. The van der Waals surface area contributed by atoms with E-state index in [0.717, 1.165) is 42.6 Å². The van der Waals surface area contributed by atoms with Crippen LogP contribution < -0.4 is 16.0 Å². The monoisotopic (exact) mass is 411 g/mol. The molecular formula is C24H37N5O. The average molecular weight is 412 g/mol. The van der Waals surface area contributed by atoms with Crippen LogP contribution in [0.2, 0.25) is 0 Å². The Hall–Kier alpha value is -2.08. The summed E-state index contributed by atoms with van der Waals surface area (Å²) in [7, 11) is 1.83. The predicted octanol–water partition coefficient (Wildman–Crippen LogP) is 3.50. The summed E-state index contributed by atoms with van der Waals surface area (Å²) in [5.41, 5.74) is 2.03. The fraction of sp³-hybridized carbons (Fsp3) is 0.667. The van der Waals surface area contributed by atoms with Gasteiger partial charge in [0, 0.05) is 50.4 Å². The lowest BCUT2D eigenvalue weighted by Gasteiger charge is -2.24. The van der Waals surface area contributed by atoms with Gasteiger partial charge in [0.2, 0.25) is 5.91 Å². The first-order valence-corrected chi connectivity index (χ1v) is 11.8. The number of carbonyl (C=O) groups is 1. The summed E-state index contributed by atoms with van der Waals surface area (Å²) in [5, 5.41) is 10.1. The number of anilines is 1. The molecule has 4 rings (SSSR count). The van der Waals surface area contributed by atoms with Gasteiger partial charge in [0.1, 0.15) is 0 Å². The first-order valence-electron chi connectivity index (χ1n) is 11.8. The van der Waals surface area contributed by atoms with Crippen molar-refractivity contribution in [1.29, 1.82) is 0 Å². The molecule has 30 heavy (non-hydrogen) atoms. The second kappa shape index (κ2) is 10.3. The molecule has 1 aromatic rings. The highest BCUT2D eigenvalue weighted by molar-refractivity contribution is 5.92. The molecule has 164 valence electrons. The first-order chi connectivity index (χ1) is 14.7. The number of nitrogens with zero attached hydrogens (tertiary/aromatic N) is 2. The molecule has 2 saturated carbocycles. The summed E-state index contributed by atoms with van der Waals surface area (Å²) in [6.07, 6.45) is 11.1. The molecule has 1 amide bonds. The van der Waals surface area contributed by atoms with Crippen molar-refractivity contribution in [2.24, 2.45) is 10.9 Å². The quantitative estimate of drug-likeness (QED) is 0.495. The van der Waals surface area contributed by atoms with Crippen molar-refractivity contribution in [2.45, 2.75) is 76.4 Å². The highest BCUT2D eigenvalue weighted by Gasteiger charge is 2.30. The summed E-state index contributed by atoms with van der Waals surface area (Å²) in [6.45, 7) is 3.00. The van der Waals surface area contributed by atoms with Crippen LogP contribution >= 0.6 is 0 Å². The Morgan fingerprint density at radius 3 is 2.63 bits per heavy atom. The van der Waals surface area contributed by atoms with Gasteiger partial charge in [-0.15, -0.1) is 0 Å². The smallest absolute Gasteiger partial charge is 0.227 e. The van der Waals surface area contributed by atoms with Gasteiger partial charge in [-0.2, -0.15) is 0 Å². The molecule has 1 heterocycles. The van der Waals surface area contributed by atoms with Crippen LogP contribution in [0.15, 0.2) is 29.3 Å². The second-order valence-corrected chi connectivity index (χ2v) is 9.16. The first kappa shape index (κ1) is 21.2. The third-order valence-corrected chi connectivity index (χ3v) is 7.01. The maximum absolute atomic E-state index is 12.4. The molecule has 1 unspecified atom stereocenters. The van der Waals surface area contributed by atoms with Gasteiger partial charge in [0.05, 0.1) is 0 Å². The van der Waals surface area contributed by atoms with E-state index in [4.69, 9.17) is 0 Å². The van der Waals surface area contributed by atoms with Crippen LogP contribution in [0.4, 0.5) is 5.69 Å². The summed E-state index contributed by atoms with van der Waals surface area (Å²) >= 11 is 0. The predicted molar refractivity (Wildman–Crippen MR) is 123 cm³/mol. The number of hydrogen-bond donors (Lipinski definition) is 3. The van der Waals surface area contributed by atoms with E-state index in [1.807, 2.05) is 19.2 Å². The molecule has 2 aliphatic carbocycles. The van der Waals surface area contributed by atoms with Gasteiger partial charge in [0.25, 0.3) is 0 Å². The van der Waals surface area contributed by atoms with Crippen LogP contribution in [0.3, 0.4) is 0 Å². The molecule has 0 bridgehead atoms.